The lowest BCUT2D eigenvalue weighted by Crippen LogP contribution is -1.86. The molecule has 0 N–H and O–H groups in total. The molecule has 0 aliphatic rings. The van der Waals surface area contributed by atoms with Gasteiger partial charge in [-0.25, -0.2) is 9.37 Å². The third-order valence-electron chi connectivity index (χ3n) is 2.65. The van der Waals surface area contributed by atoms with Crippen LogP contribution in [-0.2, 0) is 0 Å². The number of benzene rings is 2. The third kappa shape index (κ3) is 2.86. The minimum absolute atomic E-state index is 0.000614. The maximum absolute atomic E-state index is 13.0. The lowest BCUT2D eigenvalue weighted by atomic mass is 10.3. The fourth-order valence-corrected chi connectivity index (χ4v) is 2.99. The summed E-state index contributed by atoms with van der Waals surface area (Å²) in [6.07, 6.45) is 0. The number of nitrogens with zero attached hydrogens (tertiary/aromatic N) is 2. The van der Waals surface area contributed by atoms with Crippen molar-refractivity contribution in [3.05, 3.63) is 56.8 Å². The highest BCUT2D eigenvalue weighted by molar-refractivity contribution is 9.10. The molecule has 0 spiro atoms. The van der Waals surface area contributed by atoms with Crippen molar-refractivity contribution in [2.45, 2.75) is 0 Å². The number of fused-ring (bicyclic) bond motifs is 1. The van der Waals surface area contributed by atoms with E-state index in [1.54, 1.807) is 6.07 Å². The molecule has 3 aromatic rings. The van der Waals surface area contributed by atoms with E-state index in [1.165, 1.54) is 41.7 Å². The highest BCUT2D eigenvalue weighted by atomic mass is 79.9. The summed E-state index contributed by atoms with van der Waals surface area (Å²) in [5.74, 6) is 0.0408. The summed E-state index contributed by atoms with van der Waals surface area (Å²) in [5.41, 5.74) is 0.611. The van der Waals surface area contributed by atoms with Gasteiger partial charge in [-0.2, -0.15) is 0 Å². The SMILES string of the molecule is O=[N+]([O-])c1ccc2nc(Oc3ccc(F)cc3Br)sc2c1. The van der Waals surface area contributed by atoms with Gasteiger partial charge in [-0.15, -0.1) is 0 Å². The summed E-state index contributed by atoms with van der Waals surface area (Å²) in [6, 6.07) is 8.44. The van der Waals surface area contributed by atoms with Gasteiger partial charge in [-0.05, 0) is 40.2 Å². The molecule has 0 aliphatic heterocycles. The highest BCUT2D eigenvalue weighted by Crippen LogP contribution is 2.35. The Balaban J connectivity index is 1.95. The number of halogens is 2. The molecule has 0 saturated carbocycles. The summed E-state index contributed by atoms with van der Waals surface area (Å²) in [5, 5.41) is 11.1. The van der Waals surface area contributed by atoms with Gasteiger partial charge in [0.15, 0.2) is 0 Å². The molecular weight excluding hydrogens is 363 g/mol. The predicted octanol–water partition coefficient (Wildman–Crippen LogP) is 4.90. The van der Waals surface area contributed by atoms with E-state index in [2.05, 4.69) is 20.9 Å². The number of rotatable bonds is 3. The molecule has 0 radical (unpaired) electrons. The van der Waals surface area contributed by atoms with Gasteiger partial charge < -0.3 is 4.74 Å². The molecule has 0 saturated heterocycles. The van der Waals surface area contributed by atoms with Crippen LogP contribution in [0.3, 0.4) is 0 Å². The summed E-state index contributed by atoms with van der Waals surface area (Å²) in [6.45, 7) is 0. The summed E-state index contributed by atoms with van der Waals surface area (Å²) < 4.78 is 19.7. The topological polar surface area (TPSA) is 65.3 Å². The molecule has 5 nitrogen and oxygen atoms in total. The van der Waals surface area contributed by atoms with Gasteiger partial charge in [0.2, 0.25) is 0 Å². The van der Waals surface area contributed by atoms with Gasteiger partial charge in [0.1, 0.15) is 11.6 Å². The van der Waals surface area contributed by atoms with Crippen molar-refractivity contribution in [3.8, 4) is 10.9 Å². The van der Waals surface area contributed by atoms with E-state index in [0.717, 1.165) is 0 Å². The van der Waals surface area contributed by atoms with Crippen LogP contribution in [0.15, 0.2) is 40.9 Å². The molecule has 1 heterocycles. The van der Waals surface area contributed by atoms with Crippen molar-refractivity contribution in [2.24, 2.45) is 0 Å². The van der Waals surface area contributed by atoms with E-state index in [-0.39, 0.29) is 11.5 Å². The van der Waals surface area contributed by atoms with Crippen LogP contribution in [0.5, 0.6) is 10.9 Å². The summed E-state index contributed by atoms with van der Waals surface area (Å²) >= 11 is 4.39. The first-order valence-electron chi connectivity index (χ1n) is 5.71. The Hall–Kier alpha value is -2.06. The zero-order valence-electron chi connectivity index (χ0n) is 10.2. The molecule has 0 aliphatic carbocycles. The molecule has 21 heavy (non-hydrogen) atoms. The molecule has 0 fully saturated rings. The summed E-state index contributed by atoms with van der Waals surface area (Å²) in [7, 11) is 0. The molecule has 0 amide bonds. The van der Waals surface area contributed by atoms with Crippen LogP contribution in [0.4, 0.5) is 10.1 Å². The van der Waals surface area contributed by atoms with Crippen molar-refractivity contribution in [2.75, 3.05) is 0 Å². The number of ether oxygens (including phenoxy) is 1. The largest absolute Gasteiger partial charge is 0.430 e. The van der Waals surface area contributed by atoms with Crippen LogP contribution in [0, 0.1) is 15.9 Å². The smallest absolute Gasteiger partial charge is 0.279 e. The molecular formula is C13H6BrFN2O3S. The van der Waals surface area contributed by atoms with E-state index >= 15 is 0 Å². The number of nitro groups is 1. The Labute approximate surface area is 130 Å². The van der Waals surface area contributed by atoms with Crippen LogP contribution < -0.4 is 4.74 Å². The van der Waals surface area contributed by atoms with Gasteiger partial charge in [0.25, 0.3) is 10.9 Å². The van der Waals surface area contributed by atoms with E-state index in [9.17, 15) is 14.5 Å². The fourth-order valence-electron chi connectivity index (χ4n) is 1.70. The first-order chi connectivity index (χ1) is 10.0. The van der Waals surface area contributed by atoms with Gasteiger partial charge in [-0.1, -0.05) is 11.3 Å². The van der Waals surface area contributed by atoms with Crippen molar-refractivity contribution in [1.29, 1.82) is 0 Å². The normalized spacial score (nSPS) is 10.8. The van der Waals surface area contributed by atoms with Crippen molar-refractivity contribution in [3.63, 3.8) is 0 Å². The third-order valence-corrected chi connectivity index (χ3v) is 4.17. The second-order valence-electron chi connectivity index (χ2n) is 4.07. The average molecular weight is 369 g/mol. The van der Waals surface area contributed by atoms with E-state index < -0.39 is 4.92 Å². The van der Waals surface area contributed by atoms with Crippen LogP contribution in [0.1, 0.15) is 0 Å². The quantitative estimate of drug-likeness (QED) is 0.487. The molecule has 0 unspecified atom stereocenters. The molecule has 2 aromatic carbocycles. The van der Waals surface area contributed by atoms with Crippen LogP contribution in [0.25, 0.3) is 10.2 Å². The molecule has 8 heteroatoms. The number of aromatic nitrogens is 1. The van der Waals surface area contributed by atoms with Gasteiger partial charge >= 0.3 is 0 Å². The number of hydrogen-bond donors (Lipinski definition) is 0. The zero-order valence-corrected chi connectivity index (χ0v) is 12.6. The Bertz CT molecular complexity index is 853. The van der Waals surface area contributed by atoms with Gasteiger partial charge in [-0.3, -0.25) is 10.1 Å². The minimum Gasteiger partial charge on any atom is -0.430 e. The Morgan fingerprint density at radius 1 is 1.29 bits per heavy atom. The van der Waals surface area contributed by atoms with E-state index in [0.29, 0.717) is 25.6 Å². The van der Waals surface area contributed by atoms with Crippen molar-refractivity contribution < 1.29 is 14.1 Å². The standard InChI is InChI=1S/C13H6BrFN2O3S/c14-9-5-7(15)1-4-11(9)20-13-16-10-3-2-8(17(18)19)6-12(10)21-13/h1-6H. The van der Waals surface area contributed by atoms with Crippen LogP contribution in [0.2, 0.25) is 0 Å². The first-order valence-corrected chi connectivity index (χ1v) is 7.32. The maximum Gasteiger partial charge on any atom is 0.279 e. The van der Waals surface area contributed by atoms with E-state index in [1.807, 2.05) is 0 Å². The fraction of sp³-hybridized carbons (Fsp3) is 0. The molecule has 0 atom stereocenters. The summed E-state index contributed by atoms with van der Waals surface area (Å²) in [4.78, 5) is 14.5. The minimum atomic E-state index is -0.462. The van der Waals surface area contributed by atoms with Crippen molar-refractivity contribution in [1.82, 2.24) is 4.98 Å². The number of thiazole rings is 1. The second-order valence-corrected chi connectivity index (χ2v) is 5.91. The molecule has 1 aromatic heterocycles. The molecule has 3 rings (SSSR count). The Kier molecular flexibility index (Phi) is 3.56. The molecule has 106 valence electrons. The Morgan fingerprint density at radius 3 is 2.81 bits per heavy atom. The maximum atomic E-state index is 13.0. The number of hydrogen-bond acceptors (Lipinski definition) is 5. The van der Waals surface area contributed by atoms with E-state index in [4.69, 9.17) is 4.74 Å². The second kappa shape index (κ2) is 5.38. The lowest BCUT2D eigenvalue weighted by molar-refractivity contribution is -0.384. The molecule has 0 bridgehead atoms. The highest BCUT2D eigenvalue weighted by Gasteiger charge is 2.12. The van der Waals surface area contributed by atoms with Gasteiger partial charge in [0.05, 0.1) is 19.6 Å². The zero-order chi connectivity index (χ0) is 15.0. The number of non-ortho nitro benzene ring substituents is 1. The lowest BCUT2D eigenvalue weighted by Gasteiger charge is -2.03. The van der Waals surface area contributed by atoms with Crippen LogP contribution >= 0.6 is 27.3 Å². The monoisotopic (exact) mass is 368 g/mol. The predicted molar refractivity (Wildman–Crippen MR) is 80.4 cm³/mol. The average Bonchev–Trinajstić information content (AvgIpc) is 2.83. The first kappa shape index (κ1) is 13.9. The van der Waals surface area contributed by atoms with Crippen molar-refractivity contribution >= 4 is 43.2 Å². The number of nitro benzene ring substituents is 1. The Morgan fingerprint density at radius 2 is 2.10 bits per heavy atom. The van der Waals surface area contributed by atoms with Gasteiger partial charge in [0, 0.05) is 12.1 Å². The van der Waals surface area contributed by atoms with Crippen LogP contribution in [-0.4, -0.2) is 9.91 Å².